The van der Waals surface area contributed by atoms with Gasteiger partial charge in [-0.15, -0.1) is 0 Å². The van der Waals surface area contributed by atoms with Crippen molar-refractivity contribution in [2.45, 2.75) is 12.5 Å². The molecule has 0 aliphatic heterocycles. The molecule has 6 heteroatoms. The lowest BCUT2D eigenvalue weighted by atomic mass is 10.1. The molecule has 102 valence electrons. The Morgan fingerprint density at radius 3 is 2.75 bits per heavy atom. The smallest absolute Gasteiger partial charge is 0.110 e. The Labute approximate surface area is 116 Å². The van der Waals surface area contributed by atoms with Crippen LogP contribution in [0.3, 0.4) is 0 Å². The molecule has 0 amide bonds. The molecule has 20 heavy (non-hydrogen) atoms. The van der Waals surface area contributed by atoms with E-state index in [0.29, 0.717) is 6.42 Å². The van der Waals surface area contributed by atoms with Crippen LogP contribution >= 0.6 is 0 Å². The SMILES string of the molecule is Cn1ccnc1CC(NN)c1cnc2ccccc2n1. The van der Waals surface area contributed by atoms with Gasteiger partial charge in [0, 0.05) is 25.9 Å². The van der Waals surface area contributed by atoms with Crippen LogP contribution in [-0.4, -0.2) is 19.5 Å². The van der Waals surface area contributed by atoms with Crippen LogP contribution < -0.4 is 11.3 Å². The van der Waals surface area contributed by atoms with Gasteiger partial charge < -0.3 is 4.57 Å². The molecule has 0 spiro atoms. The molecule has 2 heterocycles. The van der Waals surface area contributed by atoms with Gasteiger partial charge in [-0.1, -0.05) is 12.1 Å². The van der Waals surface area contributed by atoms with Crippen LogP contribution in [0.25, 0.3) is 11.0 Å². The van der Waals surface area contributed by atoms with E-state index in [0.717, 1.165) is 22.6 Å². The molecule has 6 nitrogen and oxygen atoms in total. The fourth-order valence-corrected chi connectivity index (χ4v) is 2.16. The molecule has 0 aliphatic carbocycles. The standard InChI is InChI=1S/C14H16N6/c1-20-7-6-16-14(20)8-12(19-15)13-9-17-10-4-2-3-5-11(10)18-13/h2-7,9,12,19H,8,15H2,1H3. The van der Waals surface area contributed by atoms with Crippen LogP contribution in [0.1, 0.15) is 17.6 Å². The molecular formula is C14H16N6. The molecule has 1 atom stereocenters. The van der Waals surface area contributed by atoms with Crippen molar-refractivity contribution in [3.05, 3.63) is 54.4 Å². The number of benzene rings is 1. The molecule has 1 aromatic carbocycles. The van der Waals surface area contributed by atoms with E-state index >= 15 is 0 Å². The van der Waals surface area contributed by atoms with Gasteiger partial charge in [0.05, 0.1) is 29.0 Å². The topological polar surface area (TPSA) is 81.7 Å². The molecule has 0 aliphatic rings. The van der Waals surface area contributed by atoms with Gasteiger partial charge in [-0.05, 0) is 12.1 Å². The van der Waals surface area contributed by atoms with E-state index in [1.807, 2.05) is 42.1 Å². The minimum atomic E-state index is -0.117. The second-order valence-electron chi connectivity index (χ2n) is 4.66. The lowest BCUT2D eigenvalue weighted by Gasteiger charge is -2.15. The first kappa shape index (κ1) is 12.7. The molecule has 0 bridgehead atoms. The summed E-state index contributed by atoms with van der Waals surface area (Å²) < 4.78 is 1.97. The lowest BCUT2D eigenvalue weighted by molar-refractivity contribution is 0.518. The number of hydrogen-bond donors (Lipinski definition) is 2. The predicted molar refractivity (Wildman–Crippen MR) is 76.5 cm³/mol. The summed E-state index contributed by atoms with van der Waals surface area (Å²) in [7, 11) is 1.96. The maximum atomic E-state index is 5.66. The second kappa shape index (κ2) is 5.36. The Balaban J connectivity index is 1.92. The molecular weight excluding hydrogens is 252 g/mol. The van der Waals surface area contributed by atoms with Gasteiger partial charge >= 0.3 is 0 Å². The lowest BCUT2D eigenvalue weighted by Crippen LogP contribution is -2.31. The maximum absolute atomic E-state index is 5.66. The van der Waals surface area contributed by atoms with Gasteiger partial charge in [-0.3, -0.25) is 16.3 Å². The number of nitrogens with two attached hydrogens (primary N) is 1. The molecule has 0 radical (unpaired) electrons. The first-order valence-electron chi connectivity index (χ1n) is 6.42. The first-order chi connectivity index (χ1) is 9.78. The highest BCUT2D eigenvalue weighted by Crippen LogP contribution is 2.17. The van der Waals surface area contributed by atoms with E-state index < -0.39 is 0 Å². The Hall–Kier alpha value is -2.31. The first-order valence-corrected chi connectivity index (χ1v) is 6.42. The monoisotopic (exact) mass is 268 g/mol. The largest absolute Gasteiger partial charge is 0.338 e. The summed E-state index contributed by atoms with van der Waals surface area (Å²) in [6.07, 6.45) is 6.10. The van der Waals surface area contributed by atoms with Gasteiger partial charge in [-0.2, -0.15) is 0 Å². The Morgan fingerprint density at radius 1 is 1.25 bits per heavy atom. The Bertz CT molecular complexity index is 720. The summed E-state index contributed by atoms with van der Waals surface area (Å²) >= 11 is 0. The average Bonchev–Trinajstić information content (AvgIpc) is 2.89. The van der Waals surface area contributed by atoms with Crippen LogP contribution in [0.2, 0.25) is 0 Å². The Morgan fingerprint density at radius 2 is 2.05 bits per heavy atom. The van der Waals surface area contributed by atoms with Gasteiger partial charge in [-0.25, -0.2) is 9.97 Å². The third-order valence-electron chi connectivity index (χ3n) is 3.33. The number of imidazole rings is 1. The number of fused-ring (bicyclic) bond motifs is 1. The van der Waals surface area contributed by atoms with E-state index in [1.54, 1.807) is 12.4 Å². The van der Waals surface area contributed by atoms with Crippen LogP contribution in [0.5, 0.6) is 0 Å². The average molecular weight is 268 g/mol. The number of nitrogens with one attached hydrogen (secondary N) is 1. The molecule has 0 fully saturated rings. The molecule has 0 saturated carbocycles. The number of para-hydroxylation sites is 2. The minimum Gasteiger partial charge on any atom is -0.338 e. The molecule has 3 N–H and O–H groups in total. The van der Waals surface area contributed by atoms with Crippen molar-refractivity contribution in [2.24, 2.45) is 12.9 Å². The van der Waals surface area contributed by atoms with Crippen LogP contribution in [0.15, 0.2) is 42.9 Å². The molecule has 2 aromatic heterocycles. The summed E-state index contributed by atoms with van der Waals surface area (Å²) in [4.78, 5) is 13.3. The van der Waals surface area contributed by atoms with Crippen LogP contribution in [0, 0.1) is 0 Å². The highest BCUT2D eigenvalue weighted by molar-refractivity contribution is 5.73. The van der Waals surface area contributed by atoms with Crippen molar-refractivity contribution in [1.29, 1.82) is 0 Å². The highest BCUT2D eigenvalue weighted by Gasteiger charge is 2.15. The zero-order valence-corrected chi connectivity index (χ0v) is 11.2. The number of hydrazine groups is 1. The fraction of sp³-hybridized carbons (Fsp3) is 0.214. The summed E-state index contributed by atoms with van der Waals surface area (Å²) in [6, 6.07) is 7.66. The predicted octanol–water partition coefficient (Wildman–Crippen LogP) is 1.11. The maximum Gasteiger partial charge on any atom is 0.110 e. The number of nitrogens with zero attached hydrogens (tertiary/aromatic N) is 4. The molecule has 0 saturated heterocycles. The van der Waals surface area contributed by atoms with E-state index in [-0.39, 0.29) is 6.04 Å². The summed E-state index contributed by atoms with van der Waals surface area (Å²) in [5, 5.41) is 0. The van der Waals surface area contributed by atoms with Gasteiger partial charge in [0.15, 0.2) is 0 Å². The van der Waals surface area contributed by atoms with Gasteiger partial charge in [0.2, 0.25) is 0 Å². The van der Waals surface area contributed by atoms with E-state index in [4.69, 9.17) is 5.84 Å². The summed E-state index contributed by atoms with van der Waals surface area (Å²) in [5.41, 5.74) is 5.35. The molecule has 1 unspecified atom stereocenters. The number of hydrogen-bond acceptors (Lipinski definition) is 5. The van der Waals surface area contributed by atoms with E-state index in [2.05, 4.69) is 20.4 Å². The summed E-state index contributed by atoms with van der Waals surface area (Å²) in [5.74, 6) is 6.61. The zero-order valence-electron chi connectivity index (χ0n) is 11.2. The van der Waals surface area contributed by atoms with Gasteiger partial charge in [0.1, 0.15) is 5.82 Å². The molecule has 3 rings (SSSR count). The van der Waals surface area contributed by atoms with Crippen molar-refractivity contribution in [3.63, 3.8) is 0 Å². The number of aromatic nitrogens is 4. The van der Waals surface area contributed by atoms with Crippen molar-refractivity contribution in [1.82, 2.24) is 24.9 Å². The Kier molecular flexibility index (Phi) is 3.41. The second-order valence-corrected chi connectivity index (χ2v) is 4.66. The number of rotatable bonds is 4. The third-order valence-corrected chi connectivity index (χ3v) is 3.33. The van der Waals surface area contributed by atoms with Crippen LogP contribution in [-0.2, 0) is 13.5 Å². The van der Waals surface area contributed by atoms with Crippen molar-refractivity contribution < 1.29 is 0 Å². The highest BCUT2D eigenvalue weighted by atomic mass is 15.2. The van der Waals surface area contributed by atoms with E-state index in [9.17, 15) is 0 Å². The quantitative estimate of drug-likeness (QED) is 0.547. The molecule has 3 aromatic rings. The fourth-order valence-electron chi connectivity index (χ4n) is 2.16. The van der Waals surface area contributed by atoms with E-state index in [1.165, 1.54) is 0 Å². The number of aryl methyl sites for hydroxylation is 1. The zero-order chi connectivity index (χ0) is 13.9. The van der Waals surface area contributed by atoms with Crippen LogP contribution in [0.4, 0.5) is 0 Å². The van der Waals surface area contributed by atoms with Gasteiger partial charge in [0.25, 0.3) is 0 Å². The van der Waals surface area contributed by atoms with Crippen molar-refractivity contribution >= 4 is 11.0 Å². The van der Waals surface area contributed by atoms with Crippen molar-refractivity contribution in [3.8, 4) is 0 Å². The normalized spacial score (nSPS) is 12.7. The van der Waals surface area contributed by atoms with Crippen molar-refractivity contribution in [2.75, 3.05) is 0 Å². The minimum absolute atomic E-state index is 0.117. The third kappa shape index (κ3) is 2.38. The summed E-state index contributed by atoms with van der Waals surface area (Å²) in [6.45, 7) is 0.